The monoisotopic (exact) mass is 268 g/mol. The molecule has 0 spiro atoms. The van der Waals surface area contributed by atoms with Crippen LogP contribution in [-0.2, 0) is 9.59 Å². The molecule has 1 aliphatic heterocycles. The highest BCUT2D eigenvalue weighted by atomic mass is 16.2. The van der Waals surface area contributed by atoms with Gasteiger partial charge in [-0.25, -0.2) is 0 Å². The van der Waals surface area contributed by atoms with Crippen LogP contribution in [0.3, 0.4) is 0 Å². The van der Waals surface area contributed by atoms with Crippen LogP contribution in [0.15, 0.2) is 0 Å². The molecule has 1 atom stereocenters. The van der Waals surface area contributed by atoms with Gasteiger partial charge in [0.05, 0.1) is 6.54 Å². The van der Waals surface area contributed by atoms with E-state index in [1.54, 1.807) is 4.90 Å². The molecule has 1 saturated heterocycles. The first kappa shape index (κ1) is 16.0. The van der Waals surface area contributed by atoms with Gasteiger partial charge in [-0.3, -0.25) is 9.59 Å². The molecule has 0 aromatic heterocycles. The minimum Gasteiger partial charge on any atom is -0.342 e. The molecule has 0 aliphatic carbocycles. The average molecular weight is 268 g/mol. The number of hydrogen-bond donors (Lipinski definition) is 1. The highest BCUT2D eigenvalue weighted by Gasteiger charge is 2.41. The number of rotatable bonds is 3. The van der Waals surface area contributed by atoms with Gasteiger partial charge in [-0.2, -0.15) is 0 Å². The number of amides is 2. The van der Waals surface area contributed by atoms with E-state index in [9.17, 15) is 9.59 Å². The van der Waals surface area contributed by atoms with Gasteiger partial charge in [0, 0.05) is 6.54 Å². The van der Waals surface area contributed by atoms with Crippen molar-refractivity contribution in [3.8, 4) is 0 Å². The van der Waals surface area contributed by atoms with E-state index < -0.39 is 6.04 Å². The average Bonchev–Trinajstić information content (AvgIpc) is 2.20. The Hall–Kier alpha value is -1.06. The van der Waals surface area contributed by atoms with E-state index >= 15 is 0 Å². The maximum atomic E-state index is 12.5. The Morgan fingerprint density at radius 2 is 1.74 bits per heavy atom. The van der Waals surface area contributed by atoms with Gasteiger partial charge >= 0.3 is 0 Å². The molecule has 0 aromatic rings. The zero-order valence-electron chi connectivity index (χ0n) is 13.3. The lowest BCUT2D eigenvalue weighted by molar-refractivity contribution is -0.149. The Kier molecular flexibility index (Phi) is 4.33. The first-order valence-corrected chi connectivity index (χ1v) is 7.03. The van der Waals surface area contributed by atoms with Crippen molar-refractivity contribution in [3.05, 3.63) is 0 Å². The minimum absolute atomic E-state index is 0.00964. The Balaban J connectivity index is 2.90. The van der Waals surface area contributed by atoms with Crippen molar-refractivity contribution in [3.63, 3.8) is 0 Å². The van der Waals surface area contributed by atoms with Crippen molar-refractivity contribution < 1.29 is 9.59 Å². The maximum Gasteiger partial charge on any atom is 0.246 e. The van der Waals surface area contributed by atoms with Crippen LogP contribution in [0, 0.1) is 16.7 Å². The number of nitrogens with one attached hydrogen (secondary N) is 1. The fraction of sp³-hybridized carbons (Fsp3) is 0.867. The predicted octanol–water partition coefficient (Wildman–Crippen LogP) is 2.04. The third-order valence-electron chi connectivity index (χ3n) is 4.23. The topological polar surface area (TPSA) is 49.4 Å². The summed E-state index contributed by atoms with van der Waals surface area (Å²) in [5, 5.41) is 2.82. The van der Waals surface area contributed by atoms with E-state index in [1.165, 1.54) is 0 Å². The molecular formula is C15H28N2O2. The number of carbonyl (C=O) groups excluding carboxylic acids is 2. The first-order chi connectivity index (χ1) is 8.45. The van der Waals surface area contributed by atoms with E-state index in [0.29, 0.717) is 12.5 Å². The zero-order valence-corrected chi connectivity index (χ0v) is 13.3. The molecule has 1 unspecified atom stereocenters. The fourth-order valence-corrected chi connectivity index (χ4v) is 2.10. The second-order valence-corrected chi connectivity index (χ2v) is 7.70. The van der Waals surface area contributed by atoms with Crippen molar-refractivity contribution in [1.82, 2.24) is 10.2 Å². The van der Waals surface area contributed by atoms with Crippen molar-refractivity contribution in [2.75, 3.05) is 13.1 Å². The molecule has 0 radical (unpaired) electrons. The van der Waals surface area contributed by atoms with Gasteiger partial charge < -0.3 is 10.2 Å². The largest absolute Gasteiger partial charge is 0.342 e. The lowest BCUT2D eigenvalue weighted by Gasteiger charge is -2.42. The smallest absolute Gasteiger partial charge is 0.246 e. The zero-order chi connectivity index (χ0) is 15.0. The van der Waals surface area contributed by atoms with Crippen molar-refractivity contribution in [2.24, 2.45) is 16.7 Å². The van der Waals surface area contributed by atoms with Gasteiger partial charge in [0.25, 0.3) is 0 Å². The van der Waals surface area contributed by atoms with E-state index in [0.717, 1.165) is 0 Å². The third-order valence-corrected chi connectivity index (χ3v) is 4.23. The molecule has 0 aromatic carbocycles. The summed E-state index contributed by atoms with van der Waals surface area (Å²) in [5.41, 5.74) is -0.247. The third kappa shape index (κ3) is 3.71. The number of nitrogens with zero attached hydrogens (tertiary/aromatic N) is 1. The van der Waals surface area contributed by atoms with Gasteiger partial charge in [-0.15, -0.1) is 0 Å². The van der Waals surface area contributed by atoms with Gasteiger partial charge in [0.15, 0.2) is 0 Å². The summed E-state index contributed by atoms with van der Waals surface area (Å²) in [6, 6.07) is -0.420. The number of piperazine rings is 1. The standard InChI is InChI=1S/C15H28N2O2/c1-10(2)15(6,7)9-17-8-11(18)16-12(13(17)19)14(3,4)5/h10,12H,8-9H2,1-7H3,(H,16,18). The lowest BCUT2D eigenvalue weighted by atomic mass is 9.79. The van der Waals surface area contributed by atoms with Gasteiger partial charge in [0.1, 0.15) is 6.04 Å². The Morgan fingerprint density at radius 3 is 2.16 bits per heavy atom. The Labute approximate surface area is 116 Å². The van der Waals surface area contributed by atoms with Crippen molar-refractivity contribution in [1.29, 1.82) is 0 Å². The molecule has 1 fully saturated rings. The van der Waals surface area contributed by atoms with Crippen LogP contribution in [-0.4, -0.2) is 35.8 Å². The second-order valence-electron chi connectivity index (χ2n) is 7.70. The number of carbonyl (C=O) groups is 2. The summed E-state index contributed by atoms with van der Waals surface area (Å²) in [4.78, 5) is 26.1. The van der Waals surface area contributed by atoms with Crippen LogP contribution in [0.25, 0.3) is 0 Å². The predicted molar refractivity (Wildman–Crippen MR) is 76.6 cm³/mol. The second kappa shape index (κ2) is 5.14. The van der Waals surface area contributed by atoms with Gasteiger partial charge in [-0.1, -0.05) is 48.5 Å². The molecule has 110 valence electrons. The van der Waals surface area contributed by atoms with Crippen molar-refractivity contribution >= 4 is 11.8 Å². The minimum atomic E-state index is -0.420. The molecule has 4 nitrogen and oxygen atoms in total. The molecule has 19 heavy (non-hydrogen) atoms. The summed E-state index contributed by atoms with van der Waals surface area (Å²) in [6.07, 6.45) is 0. The Bertz CT molecular complexity index is 367. The summed E-state index contributed by atoms with van der Waals surface area (Å²) in [7, 11) is 0. The van der Waals surface area contributed by atoms with Crippen LogP contribution < -0.4 is 5.32 Å². The van der Waals surface area contributed by atoms with E-state index in [2.05, 4.69) is 33.0 Å². The highest BCUT2D eigenvalue weighted by Crippen LogP contribution is 2.30. The van der Waals surface area contributed by atoms with Gasteiger partial charge in [-0.05, 0) is 16.7 Å². The molecule has 0 bridgehead atoms. The number of hydrogen-bond acceptors (Lipinski definition) is 2. The van der Waals surface area contributed by atoms with Crippen LogP contribution in [0.2, 0.25) is 0 Å². The van der Waals surface area contributed by atoms with Crippen LogP contribution in [0.4, 0.5) is 0 Å². The van der Waals surface area contributed by atoms with E-state index in [-0.39, 0.29) is 29.2 Å². The summed E-state index contributed by atoms with van der Waals surface area (Å²) >= 11 is 0. The maximum absolute atomic E-state index is 12.5. The lowest BCUT2D eigenvalue weighted by Crippen LogP contribution is -2.63. The fourth-order valence-electron chi connectivity index (χ4n) is 2.10. The van der Waals surface area contributed by atoms with Crippen LogP contribution in [0.5, 0.6) is 0 Å². The molecule has 0 saturated carbocycles. The normalized spacial score (nSPS) is 21.9. The van der Waals surface area contributed by atoms with Crippen LogP contribution >= 0.6 is 0 Å². The summed E-state index contributed by atoms with van der Waals surface area (Å²) in [6.45, 7) is 15.3. The van der Waals surface area contributed by atoms with E-state index in [4.69, 9.17) is 0 Å². The van der Waals surface area contributed by atoms with Crippen molar-refractivity contribution in [2.45, 2.75) is 54.5 Å². The molecule has 1 heterocycles. The van der Waals surface area contributed by atoms with Gasteiger partial charge in [0.2, 0.25) is 11.8 Å². The first-order valence-electron chi connectivity index (χ1n) is 7.03. The SMILES string of the molecule is CC(C)C(C)(C)CN1CC(=O)NC(C(C)(C)C)C1=O. The molecular weight excluding hydrogens is 240 g/mol. The molecule has 1 aliphatic rings. The summed E-state index contributed by atoms with van der Waals surface area (Å²) < 4.78 is 0. The molecule has 4 heteroatoms. The highest BCUT2D eigenvalue weighted by molar-refractivity contribution is 5.95. The summed E-state index contributed by atoms with van der Waals surface area (Å²) in [5.74, 6) is 0.443. The molecule has 1 N–H and O–H groups in total. The molecule has 2 amide bonds. The quantitative estimate of drug-likeness (QED) is 0.851. The van der Waals surface area contributed by atoms with E-state index in [1.807, 2.05) is 20.8 Å². The van der Waals surface area contributed by atoms with Crippen LogP contribution in [0.1, 0.15) is 48.5 Å². The molecule has 1 rings (SSSR count). The Morgan fingerprint density at radius 1 is 1.21 bits per heavy atom.